The van der Waals surface area contributed by atoms with E-state index in [9.17, 15) is 9.59 Å². The maximum absolute atomic E-state index is 12.7. The van der Waals surface area contributed by atoms with Crippen LogP contribution >= 0.6 is 0 Å². The number of carbonyl (C=O) groups excluding carboxylic acids is 2. The minimum absolute atomic E-state index is 0.128. The van der Waals surface area contributed by atoms with Gasteiger partial charge < -0.3 is 20.1 Å². The lowest BCUT2D eigenvalue weighted by molar-refractivity contribution is -0.124. The molecule has 6 nitrogen and oxygen atoms in total. The molecule has 0 fully saturated rings. The summed E-state index contributed by atoms with van der Waals surface area (Å²) >= 11 is 0. The number of nitrogens with one attached hydrogen (secondary N) is 2. The quantitative estimate of drug-likeness (QED) is 0.815. The fourth-order valence-electron chi connectivity index (χ4n) is 2.42. The second-order valence-electron chi connectivity index (χ2n) is 7.15. The molecule has 0 aliphatic heterocycles. The van der Waals surface area contributed by atoms with E-state index in [1.807, 2.05) is 51.1 Å². The molecule has 0 aliphatic rings. The third-order valence-corrected chi connectivity index (χ3v) is 3.68. The van der Waals surface area contributed by atoms with E-state index in [4.69, 9.17) is 9.47 Å². The van der Waals surface area contributed by atoms with Crippen LogP contribution in [0.5, 0.6) is 5.75 Å². The van der Waals surface area contributed by atoms with Crippen LogP contribution in [-0.4, -0.2) is 24.6 Å². The zero-order valence-electron chi connectivity index (χ0n) is 16.1. The van der Waals surface area contributed by atoms with E-state index >= 15 is 0 Å². The van der Waals surface area contributed by atoms with E-state index in [0.29, 0.717) is 11.3 Å². The standard InChI is InChI=1S/C21H26N2O4/c1-21(2,3)23-19(24)18(16-10-12-17(26-4)13-11-16)22-20(25)27-14-15-8-6-5-7-9-15/h5-13,18H,14H2,1-4H3,(H,22,25)(H,23,24)/t18-/m0/s1. The van der Waals surface area contributed by atoms with Crippen molar-refractivity contribution in [3.8, 4) is 5.75 Å². The Morgan fingerprint density at radius 2 is 1.63 bits per heavy atom. The number of carbonyl (C=O) groups is 2. The highest BCUT2D eigenvalue weighted by Gasteiger charge is 2.26. The molecule has 27 heavy (non-hydrogen) atoms. The Hall–Kier alpha value is -3.02. The zero-order chi connectivity index (χ0) is 19.9. The Bertz CT molecular complexity index is 752. The van der Waals surface area contributed by atoms with Crippen LogP contribution in [-0.2, 0) is 16.1 Å². The van der Waals surface area contributed by atoms with E-state index in [-0.39, 0.29) is 12.5 Å². The lowest BCUT2D eigenvalue weighted by atomic mass is 10.0. The van der Waals surface area contributed by atoms with Gasteiger partial charge in [-0.2, -0.15) is 0 Å². The first-order valence-electron chi connectivity index (χ1n) is 8.72. The van der Waals surface area contributed by atoms with Crippen LogP contribution in [0.2, 0.25) is 0 Å². The highest BCUT2D eigenvalue weighted by atomic mass is 16.5. The van der Waals surface area contributed by atoms with Crippen molar-refractivity contribution in [1.82, 2.24) is 10.6 Å². The molecule has 1 atom stereocenters. The third kappa shape index (κ3) is 6.66. The molecule has 0 spiro atoms. The first-order chi connectivity index (χ1) is 12.8. The molecule has 0 heterocycles. The van der Waals surface area contributed by atoms with Crippen molar-refractivity contribution >= 4 is 12.0 Å². The number of amides is 2. The SMILES string of the molecule is COc1ccc([C@H](NC(=O)OCc2ccccc2)C(=O)NC(C)(C)C)cc1. The molecule has 0 aromatic heterocycles. The summed E-state index contributed by atoms with van der Waals surface area (Å²) in [5.41, 5.74) is 1.07. The Morgan fingerprint density at radius 1 is 1.00 bits per heavy atom. The van der Waals surface area contributed by atoms with Gasteiger partial charge in [0.25, 0.3) is 0 Å². The second kappa shape index (κ2) is 9.07. The summed E-state index contributed by atoms with van der Waals surface area (Å²) < 4.78 is 10.4. The highest BCUT2D eigenvalue weighted by Crippen LogP contribution is 2.19. The molecule has 2 rings (SSSR count). The summed E-state index contributed by atoms with van der Waals surface area (Å²) in [6, 6.07) is 15.4. The summed E-state index contributed by atoms with van der Waals surface area (Å²) in [6.07, 6.45) is -0.663. The Labute approximate surface area is 159 Å². The number of hydrogen-bond donors (Lipinski definition) is 2. The fraction of sp³-hybridized carbons (Fsp3) is 0.333. The number of hydrogen-bond acceptors (Lipinski definition) is 4. The number of methoxy groups -OCH3 is 1. The molecular formula is C21H26N2O4. The van der Waals surface area contributed by atoms with Crippen molar-refractivity contribution < 1.29 is 19.1 Å². The fourth-order valence-corrected chi connectivity index (χ4v) is 2.42. The van der Waals surface area contributed by atoms with Gasteiger partial charge in [0.05, 0.1) is 7.11 Å². The van der Waals surface area contributed by atoms with Crippen LogP contribution in [0, 0.1) is 0 Å². The summed E-state index contributed by atoms with van der Waals surface area (Å²) in [6.45, 7) is 5.76. The van der Waals surface area contributed by atoms with Crippen LogP contribution in [0.3, 0.4) is 0 Å². The first-order valence-corrected chi connectivity index (χ1v) is 8.72. The number of alkyl carbamates (subject to hydrolysis) is 1. The molecule has 0 saturated heterocycles. The summed E-state index contributed by atoms with van der Waals surface area (Å²) in [5, 5.41) is 5.53. The minimum atomic E-state index is -0.876. The Kier molecular flexibility index (Phi) is 6.82. The third-order valence-electron chi connectivity index (χ3n) is 3.68. The molecular weight excluding hydrogens is 344 g/mol. The summed E-state index contributed by atoms with van der Waals surface area (Å²) in [7, 11) is 1.57. The van der Waals surface area contributed by atoms with Crippen molar-refractivity contribution in [2.45, 2.75) is 39.0 Å². The molecule has 2 aromatic rings. The van der Waals surface area contributed by atoms with Crippen LogP contribution < -0.4 is 15.4 Å². The van der Waals surface area contributed by atoms with Gasteiger partial charge in [0.2, 0.25) is 5.91 Å². The maximum atomic E-state index is 12.7. The highest BCUT2D eigenvalue weighted by molar-refractivity contribution is 5.87. The average molecular weight is 370 g/mol. The average Bonchev–Trinajstić information content (AvgIpc) is 2.64. The minimum Gasteiger partial charge on any atom is -0.497 e. The van der Waals surface area contributed by atoms with Gasteiger partial charge in [-0.25, -0.2) is 4.79 Å². The summed E-state index contributed by atoms with van der Waals surface area (Å²) in [4.78, 5) is 25.0. The van der Waals surface area contributed by atoms with Gasteiger partial charge >= 0.3 is 6.09 Å². The smallest absolute Gasteiger partial charge is 0.408 e. The van der Waals surface area contributed by atoms with Crippen molar-refractivity contribution in [2.75, 3.05) is 7.11 Å². The van der Waals surface area contributed by atoms with Crippen molar-refractivity contribution in [3.63, 3.8) is 0 Å². The van der Waals surface area contributed by atoms with Crippen LogP contribution in [0.1, 0.15) is 37.9 Å². The normalized spacial score (nSPS) is 12.0. The number of benzene rings is 2. The predicted molar refractivity (Wildman–Crippen MR) is 103 cm³/mol. The van der Waals surface area contributed by atoms with E-state index in [2.05, 4.69) is 10.6 Å². The van der Waals surface area contributed by atoms with Crippen LogP contribution in [0.25, 0.3) is 0 Å². The number of ether oxygens (including phenoxy) is 2. The molecule has 0 aliphatic carbocycles. The topological polar surface area (TPSA) is 76.7 Å². The van der Waals surface area contributed by atoms with E-state index in [0.717, 1.165) is 5.56 Å². The molecule has 144 valence electrons. The van der Waals surface area contributed by atoms with Gasteiger partial charge in [-0.1, -0.05) is 42.5 Å². The molecule has 6 heteroatoms. The van der Waals surface area contributed by atoms with Crippen molar-refractivity contribution in [2.24, 2.45) is 0 Å². The van der Waals surface area contributed by atoms with Crippen LogP contribution in [0.15, 0.2) is 54.6 Å². The van der Waals surface area contributed by atoms with E-state index in [1.54, 1.807) is 31.4 Å². The van der Waals surface area contributed by atoms with Crippen molar-refractivity contribution in [1.29, 1.82) is 0 Å². The van der Waals surface area contributed by atoms with Gasteiger partial charge in [-0.05, 0) is 44.0 Å². The van der Waals surface area contributed by atoms with Gasteiger partial charge in [-0.15, -0.1) is 0 Å². The van der Waals surface area contributed by atoms with Gasteiger partial charge in [0.15, 0.2) is 0 Å². The molecule has 0 radical (unpaired) electrons. The zero-order valence-corrected chi connectivity index (χ0v) is 16.1. The molecule has 2 N–H and O–H groups in total. The lowest BCUT2D eigenvalue weighted by Crippen LogP contribution is -2.47. The van der Waals surface area contributed by atoms with E-state index < -0.39 is 17.7 Å². The molecule has 2 amide bonds. The Balaban J connectivity index is 2.10. The van der Waals surface area contributed by atoms with Gasteiger partial charge in [-0.3, -0.25) is 4.79 Å². The molecule has 0 unspecified atom stereocenters. The largest absolute Gasteiger partial charge is 0.497 e. The first kappa shape index (κ1) is 20.3. The predicted octanol–water partition coefficient (Wildman–Crippen LogP) is 3.58. The van der Waals surface area contributed by atoms with Gasteiger partial charge in [0.1, 0.15) is 18.4 Å². The monoisotopic (exact) mass is 370 g/mol. The van der Waals surface area contributed by atoms with Gasteiger partial charge in [0, 0.05) is 5.54 Å². The molecule has 0 bridgehead atoms. The number of rotatable bonds is 6. The molecule has 0 saturated carbocycles. The molecule has 2 aromatic carbocycles. The maximum Gasteiger partial charge on any atom is 0.408 e. The van der Waals surface area contributed by atoms with Crippen LogP contribution in [0.4, 0.5) is 4.79 Å². The second-order valence-corrected chi connectivity index (χ2v) is 7.15. The summed E-state index contributed by atoms with van der Waals surface area (Å²) in [5.74, 6) is 0.352. The van der Waals surface area contributed by atoms with E-state index in [1.165, 1.54) is 0 Å². The van der Waals surface area contributed by atoms with Crippen molar-refractivity contribution in [3.05, 3.63) is 65.7 Å². The Morgan fingerprint density at radius 3 is 2.19 bits per heavy atom. The lowest BCUT2D eigenvalue weighted by Gasteiger charge is -2.25.